The molecule has 1 aromatic carbocycles. The molecule has 0 spiro atoms. The predicted molar refractivity (Wildman–Crippen MR) is 59.0 cm³/mol. The molecule has 0 aliphatic heterocycles. The second-order valence-electron chi connectivity index (χ2n) is 3.13. The van der Waals surface area contributed by atoms with Crippen molar-refractivity contribution in [3.63, 3.8) is 0 Å². The Balaban J connectivity index is 2.11. The summed E-state index contributed by atoms with van der Waals surface area (Å²) in [4.78, 5) is 4.06. The van der Waals surface area contributed by atoms with Gasteiger partial charge in [0, 0.05) is 6.07 Å². The standard InChI is InChI=1S/C12H11NO3/c1-15-11-6-7-12(13-8-11)16-10-4-2-9(14)3-5-10/h2-8,14H,1H3. The fourth-order valence-electron chi connectivity index (χ4n) is 1.18. The van der Waals surface area contributed by atoms with E-state index in [2.05, 4.69) is 4.98 Å². The zero-order chi connectivity index (χ0) is 11.4. The number of aromatic hydroxyl groups is 1. The van der Waals surface area contributed by atoms with Crippen molar-refractivity contribution < 1.29 is 14.6 Å². The molecule has 0 amide bonds. The van der Waals surface area contributed by atoms with Crippen LogP contribution in [0.3, 0.4) is 0 Å². The van der Waals surface area contributed by atoms with Gasteiger partial charge < -0.3 is 14.6 Å². The van der Waals surface area contributed by atoms with Gasteiger partial charge in [-0.1, -0.05) is 0 Å². The summed E-state index contributed by atoms with van der Waals surface area (Å²) in [6, 6.07) is 9.93. The first-order valence-corrected chi connectivity index (χ1v) is 4.75. The van der Waals surface area contributed by atoms with Crippen LogP contribution in [0.15, 0.2) is 42.6 Å². The van der Waals surface area contributed by atoms with Crippen LogP contribution >= 0.6 is 0 Å². The molecule has 1 N–H and O–H groups in total. The van der Waals surface area contributed by atoms with Crippen molar-refractivity contribution in [1.29, 1.82) is 0 Å². The van der Waals surface area contributed by atoms with Gasteiger partial charge in [0.25, 0.3) is 0 Å². The molecular weight excluding hydrogens is 206 g/mol. The third-order valence-electron chi connectivity index (χ3n) is 2.00. The number of benzene rings is 1. The molecule has 82 valence electrons. The van der Waals surface area contributed by atoms with Crippen molar-refractivity contribution in [2.45, 2.75) is 0 Å². The molecule has 1 aromatic heterocycles. The average molecular weight is 217 g/mol. The van der Waals surface area contributed by atoms with Gasteiger partial charge in [-0.15, -0.1) is 0 Å². The van der Waals surface area contributed by atoms with E-state index in [9.17, 15) is 0 Å². The summed E-state index contributed by atoms with van der Waals surface area (Å²) in [7, 11) is 1.58. The van der Waals surface area contributed by atoms with Crippen LogP contribution in [0, 0.1) is 0 Å². The van der Waals surface area contributed by atoms with Gasteiger partial charge in [0.15, 0.2) is 0 Å². The molecule has 1 heterocycles. The first-order chi connectivity index (χ1) is 7.78. The predicted octanol–water partition coefficient (Wildman–Crippen LogP) is 2.59. The van der Waals surface area contributed by atoms with Crippen LogP contribution in [-0.2, 0) is 0 Å². The SMILES string of the molecule is COc1ccc(Oc2ccc(O)cc2)nc1. The number of hydrogen-bond donors (Lipinski definition) is 1. The van der Waals surface area contributed by atoms with Crippen molar-refractivity contribution in [3.05, 3.63) is 42.6 Å². The Kier molecular flexibility index (Phi) is 2.91. The molecule has 0 saturated carbocycles. The summed E-state index contributed by atoms with van der Waals surface area (Å²) in [5.74, 6) is 1.98. The maximum Gasteiger partial charge on any atom is 0.219 e. The maximum atomic E-state index is 9.10. The third-order valence-corrected chi connectivity index (χ3v) is 2.00. The van der Waals surface area contributed by atoms with Gasteiger partial charge in [-0.25, -0.2) is 4.98 Å². The van der Waals surface area contributed by atoms with Crippen LogP contribution in [0.1, 0.15) is 0 Å². The second-order valence-corrected chi connectivity index (χ2v) is 3.13. The average Bonchev–Trinajstić information content (AvgIpc) is 2.33. The number of rotatable bonds is 3. The number of aromatic nitrogens is 1. The van der Waals surface area contributed by atoms with Crippen LogP contribution in [-0.4, -0.2) is 17.2 Å². The normalized spacial score (nSPS) is 9.81. The summed E-state index contributed by atoms with van der Waals surface area (Å²) in [5, 5.41) is 9.10. The Bertz CT molecular complexity index is 451. The molecule has 0 saturated heterocycles. The molecule has 0 fully saturated rings. The molecule has 16 heavy (non-hydrogen) atoms. The Morgan fingerprint density at radius 1 is 1.00 bits per heavy atom. The summed E-state index contributed by atoms with van der Waals surface area (Å²) in [6.45, 7) is 0. The summed E-state index contributed by atoms with van der Waals surface area (Å²) < 4.78 is 10.4. The van der Waals surface area contributed by atoms with E-state index < -0.39 is 0 Å². The van der Waals surface area contributed by atoms with Gasteiger partial charge in [0.1, 0.15) is 17.2 Å². The lowest BCUT2D eigenvalue weighted by Gasteiger charge is -2.05. The van der Waals surface area contributed by atoms with Gasteiger partial charge in [0.05, 0.1) is 13.3 Å². The van der Waals surface area contributed by atoms with Crippen molar-refractivity contribution in [2.24, 2.45) is 0 Å². The summed E-state index contributed by atoms with van der Waals surface area (Å²) in [5.41, 5.74) is 0. The highest BCUT2D eigenvalue weighted by atomic mass is 16.5. The van der Waals surface area contributed by atoms with E-state index in [4.69, 9.17) is 14.6 Å². The Morgan fingerprint density at radius 2 is 1.69 bits per heavy atom. The highest BCUT2D eigenvalue weighted by Gasteiger charge is 1.99. The Morgan fingerprint density at radius 3 is 2.25 bits per heavy atom. The number of pyridine rings is 1. The maximum absolute atomic E-state index is 9.10. The van der Waals surface area contributed by atoms with E-state index in [0.29, 0.717) is 17.4 Å². The summed E-state index contributed by atoms with van der Waals surface area (Å²) in [6.07, 6.45) is 1.58. The number of phenols is 1. The Hall–Kier alpha value is -2.23. The molecule has 0 radical (unpaired) electrons. The first-order valence-electron chi connectivity index (χ1n) is 4.75. The monoisotopic (exact) mass is 217 g/mol. The lowest BCUT2D eigenvalue weighted by Crippen LogP contribution is -1.88. The zero-order valence-corrected chi connectivity index (χ0v) is 8.75. The molecule has 0 bridgehead atoms. The van der Waals surface area contributed by atoms with E-state index in [1.54, 1.807) is 49.7 Å². The number of methoxy groups -OCH3 is 1. The largest absolute Gasteiger partial charge is 0.508 e. The number of hydrogen-bond acceptors (Lipinski definition) is 4. The van der Waals surface area contributed by atoms with Crippen LogP contribution in [0.2, 0.25) is 0 Å². The van der Waals surface area contributed by atoms with Gasteiger partial charge in [-0.2, -0.15) is 0 Å². The molecule has 0 unspecified atom stereocenters. The number of ether oxygens (including phenoxy) is 2. The lowest BCUT2D eigenvalue weighted by molar-refractivity contribution is 0.407. The minimum atomic E-state index is 0.204. The minimum Gasteiger partial charge on any atom is -0.508 e. The third kappa shape index (κ3) is 2.42. The van der Waals surface area contributed by atoms with Crippen molar-refractivity contribution >= 4 is 0 Å². The van der Waals surface area contributed by atoms with Gasteiger partial charge in [0.2, 0.25) is 5.88 Å². The van der Waals surface area contributed by atoms with Gasteiger partial charge >= 0.3 is 0 Å². The Labute approximate surface area is 93.1 Å². The zero-order valence-electron chi connectivity index (χ0n) is 8.75. The van der Waals surface area contributed by atoms with Crippen LogP contribution in [0.25, 0.3) is 0 Å². The molecule has 0 atom stereocenters. The molecule has 4 heteroatoms. The van der Waals surface area contributed by atoms with Crippen LogP contribution in [0.5, 0.6) is 23.1 Å². The van der Waals surface area contributed by atoms with Crippen molar-refractivity contribution in [3.8, 4) is 23.1 Å². The van der Waals surface area contributed by atoms with Crippen molar-refractivity contribution in [2.75, 3.05) is 7.11 Å². The quantitative estimate of drug-likeness (QED) is 0.858. The molecule has 0 aliphatic rings. The topological polar surface area (TPSA) is 51.6 Å². The molecule has 0 aliphatic carbocycles. The molecule has 4 nitrogen and oxygen atoms in total. The highest BCUT2D eigenvalue weighted by Crippen LogP contribution is 2.22. The first kappa shape index (κ1) is 10.3. The summed E-state index contributed by atoms with van der Waals surface area (Å²) >= 11 is 0. The lowest BCUT2D eigenvalue weighted by atomic mass is 10.3. The fourth-order valence-corrected chi connectivity index (χ4v) is 1.18. The molecular formula is C12H11NO3. The number of nitrogens with zero attached hydrogens (tertiary/aromatic N) is 1. The molecule has 2 rings (SSSR count). The van der Waals surface area contributed by atoms with E-state index in [0.717, 1.165) is 0 Å². The smallest absolute Gasteiger partial charge is 0.219 e. The van der Waals surface area contributed by atoms with E-state index in [1.165, 1.54) is 0 Å². The van der Waals surface area contributed by atoms with Gasteiger partial charge in [-0.05, 0) is 30.3 Å². The van der Waals surface area contributed by atoms with E-state index in [1.807, 2.05) is 0 Å². The highest BCUT2D eigenvalue weighted by molar-refractivity contribution is 5.33. The van der Waals surface area contributed by atoms with Crippen molar-refractivity contribution in [1.82, 2.24) is 4.98 Å². The van der Waals surface area contributed by atoms with Crippen LogP contribution in [0.4, 0.5) is 0 Å². The minimum absolute atomic E-state index is 0.204. The van der Waals surface area contributed by atoms with Gasteiger partial charge in [-0.3, -0.25) is 0 Å². The van der Waals surface area contributed by atoms with E-state index >= 15 is 0 Å². The molecule has 2 aromatic rings. The fraction of sp³-hybridized carbons (Fsp3) is 0.0833. The second kappa shape index (κ2) is 4.53. The number of phenolic OH excluding ortho intramolecular Hbond substituents is 1. The van der Waals surface area contributed by atoms with Crippen LogP contribution < -0.4 is 9.47 Å². The van der Waals surface area contributed by atoms with E-state index in [-0.39, 0.29) is 5.75 Å².